The van der Waals surface area contributed by atoms with Crippen molar-refractivity contribution in [2.75, 3.05) is 5.32 Å². The standard InChI is InChI=1S/C27H15Cl3FN3O3S/c28-19-3-1-2-18(25(19)30)22-10-6-16(36-22)7-11-24(35)34-27(38)32-15-5-9-23-21(13-15)33-26(37-23)17-8-4-14(31)12-20(17)29/h1-13H,(H2,32,34,35,38). The molecule has 0 bridgehead atoms. The summed E-state index contributed by atoms with van der Waals surface area (Å²) in [6.07, 6.45) is 2.79. The lowest BCUT2D eigenvalue weighted by Crippen LogP contribution is -2.32. The smallest absolute Gasteiger partial charge is 0.250 e. The Morgan fingerprint density at radius 3 is 2.61 bits per heavy atom. The Morgan fingerprint density at radius 2 is 1.79 bits per heavy atom. The second kappa shape index (κ2) is 11.0. The topological polar surface area (TPSA) is 80.3 Å². The summed E-state index contributed by atoms with van der Waals surface area (Å²) in [6.45, 7) is 0. The van der Waals surface area contributed by atoms with E-state index in [0.29, 0.717) is 49.5 Å². The highest BCUT2D eigenvalue weighted by molar-refractivity contribution is 7.80. The third-order valence-corrected chi connectivity index (χ3v) is 6.62. The van der Waals surface area contributed by atoms with Crippen LogP contribution in [-0.4, -0.2) is 16.0 Å². The molecule has 1 amide bonds. The van der Waals surface area contributed by atoms with Crippen LogP contribution < -0.4 is 10.6 Å². The Hall–Kier alpha value is -3.69. The number of oxazole rings is 1. The molecule has 3 aromatic carbocycles. The molecular weight excluding hydrogens is 572 g/mol. The van der Waals surface area contributed by atoms with Crippen LogP contribution in [0.5, 0.6) is 0 Å². The third kappa shape index (κ3) is 5.74. The van der Waals surface area contributed by atoms with Gasteiger partial charge in [-0.15, -0.1) is 0 Å². The third-order valence-electron chi connectivity index (χ3n) is 5.29. The number of carbonyl (C=O) groups excluding carboxylic acids is 1. The summed E-state index contributed by atoms with van der Waals surface area (Å²) in [7, 11) is 0. The van der Waals surface area contributed by atoms with E-state index in [2.05, 4.69) is 15.6 Å². The number of benzene rings is 3. The van der Waals surface area contributed by atoms with Crippen LogP contribution in [0.25, 0.3) is 40.0 Å². The Morgan fingerprint density at radius 1 is 0.947 bits per heavy atom. The van der Waals surface area contributed by atoms with Crippen LogP contribution >= 0.6 is 47.0 Å². The molecule has 0 aliphatic heterocycles. The van der Waals surface area contributed by atoms with E-state index in [1.807, 2.05) is 0 Å². The second-order valence-electron chi connectivity index (χ2n) is 7.91. The average molecular weight is 587 g/mol. The van der Waals surface area contributed by atoms with Gasteiger partial charge in [0.05, 0.1) is 20.6 Å². The number of hydrogen-bond acceptors (Lipinski definition) is 5. The van der Waals surface area contributed by atoms with Crippen LogP contribution in [-0.2, 0) is 4.79 Å². The maximum absolute atomic E-state index is 13.4. The van der Waals surface area contributed by atoms with E-state index in [0.717, 1.165) is 0 Å². The lowest BCUT2D eigenvalue weighted by atomic mass is 10.2. The molecule has 0 saturated heterocycles. The quantitative estimate of drug-likeness (QED) is 0.159. The van der Waals surface area contributed by atoms with Gasteiger partial charge in [-0.05, 0) is 79.0 Å². The molecule has 2 N–H and O–H groups in total. The first-order valence-corrected chi connectivity index (χ1v) is 12.5. The van der Waals surface area contributed by atoms with E-state index in [4.69, 9.17) is 55.9 Å². The van der Waals surface area contributed by atoms with Crippen molar-refractivity contribution < 1.29 is 18.0 Å². The summed E-state index contributed by atoms with van der Waals surface area (Å²) in [4.78, 5) is 16.8. The molecule has 190 valence electrons. The summed E-state index contributed by atoms with van der Waals surface area (Å²) in [5, 5.41) is 6.55. The molecule has 5 rings (SSSR count). The molecule has 0 fully saturated rings. The number of nitrogens with zero attached hydrogens (tertiary/aromatic N) is 1. The SMILES string of the molecule is O=C(C=Cc1ccc(-c2cccc(Cl)c2Cl)o1)NC(=S)Nc1ccc2oc(-c3ccc(F)cc3Cl)nc2c1. The first kappa shape index (κ1) is 25.9. The maximum Gasteiger partial charge on any atom is 0.250 e. The molecule has 0 saturated carbocycles. The largest absolute Gasteiger partial charge is 0.457 e. The van der Waals surface area contributed by atoms with Crippen LogP contribution in [0.4, 0.5) is 10.1 Å². The summed E-state index contributed by atoms with van der Waals surface area (Å²) < 4.78 is 24.8. The van der Waals surface area contributed by atoms with Crippen LogP contribution in [0.2, 0.25) is 15.1 Å². The van der Waals surface area contributed by atoms with E-state index in [9.17, 15) is 9.18 Å². The Bertz CT molecular complexity index is 1730. The number of rotatable bonds is 5. The molecule has 0 unspecified atom stereocenters. The van der Waals surface area contributed by atoms with Crippen LogP contribution in [0, 0.1) is 5.82 Å². The van der Waals surface area contributed by atoms with Gasteiger partial charge in [0.25, 0.3) is 0 Å². The van der Waals surface area contributed by atoms with Crippen molar-refractivity contribution in [2.45, 2.75) is 0 Å². The summed E-state index contributed by atoms with van der Waals surface area (Å²) >= 11 is 23.7. The van der Waals surface area contributed by atoms with Crippen molar-refractivity contribution in [2.24, 2.45) is 0 Å². The Kier molecular flexibility index (Phi) is 7.49. The van der Waals surface area contributed by atoms with E-state index in [-0.39, 0.29) is 16.0 Å². The minimum atomic E-state index is -0.461. The molecule has 0 spiro atoms. The molecule has 11 heteroatoms. The monoisotopic (exact) mass is 585 g/mol. The van der Waals surface area contributed by atoms with Crippen LogP contribution in [0.3, 0.4) is 0 Å². The minimum Gasteiger partial charge on any atom is -0.457 e. The Labute approximate surface area is 236 Å². The van der Waals surface area contributed by atoms with E-state index >= 15 is 0 Å². The maximum atomic E-state index is 13.4. The molecule has 38 heavy (non-hydrogen) atoms. The van der Waals surface area contributed by atoms with Gasteiger partial charge in [-0.1, -0.05) is 40.9 Å². The van der Waals surface area contributed by atoms with Gasteiger partial charge in [0.2, 0.25) is 11.8 Å². The van der Waals surface area contributed by atoms with Crippen molar-refractivity contribution >= 4 is 80.9 Å². The number of amides is 1. The van der Waals surface area contributed by atoms with Crippen molar-refractivity contribution in [1.82, 2.24) is 10.3 Å². The predicted octanol–water partition coefficient (Wildman–Crippen LogP) is 8.38. The predicted molar refractivity (Wildman–Crippen MR) is 152 cm³/mol. The van der Waals surface area contributed by atoms with Gasteiger partial charge in [-0.3, -0.25) is 10.1 Å². The van der Waals surface area contributed by atoms with Crippen molar-refractivity contribution in [3.8, 4) is 22.8 Å². The van der Waals surface area contributed by atoms with Crippen molar-refractivity contribution in [3.63, 3.8) is 0 Å². The molecule has 0 aliphatic carbocycles. The van der Waals surface area contributed by atoms with Gasteiger partial charge in [-0.25, -0.2) is 9.37 Å². The lowest BCUT2D eigenvalue weighted by molar-refractivity contribution is -0.115. The van der Waals surface area contributed by atoms with Crippen LogP contribution in [0.15, 0.2) is 81.6 Å². The van der Waals surface area contributed by atoms with Gasteiger partial charge < -0.3 is 14.2 Å². The zero-order valence-corrected chi connectivity index (χ0v) is 22.2. The minimum absolute atomic E-state index is 0.0788. The average Bonchev–Trinajstić information content (AvgIpc) is 3.51. The fourth-order valence-corrected chi connectivity index (χ4v) is 4.40. The van der Waals surface area contributed by atoms with Crippen LogP contribution in [0.1, 0.15) is 5.76 Å². The van der Waals surface area contributed by atoms with Gasteiger partial charge in [-0.2, -0.15) is 0 Å². The number of thiocarbonyl (C=S) groups is 1. The van der Waals surface area contributed by atoms with Gasteiger partial charge in [0, 0.05) is 17.3 Å². The summed E-state index contributed by atoms with van der Waals surface area (Å²) in [5.41, 5.74) is 2.71. The fourth-order valence-electron chi connectivity index (χ4n) is 3.54. The number of furan rings is 1. The molecule has 0 aliphatic rings. The number of halogens is 4. The summed E-state index contributed by atoms with van der Waals surface area (Å²) in [5.74, 6) is 0.295. The highest BCUT2D eigenvalue weighted by Gasteiger charge is 2.14. The first-order chi connectivity index (χ1) is 18.3. The molecular formula is C27H15Cl3FN3O3S. The zero-order valence-electron chi connectivity index (χ0n) is 19.1. The number of hydrogen-bond donors (Lipinski definition) is 2. The number of fused-ring (bicyclic) bond motifs is 1. The highest BCUT2D eigenvalue weighted by atomic mass is 35.5. The lowest BCUT2D eigenvalue weighted by Gasteiger charge is -2.07. The van der Waals surface area contributed by atoms with Crippen molar-refractivity contribution in [3.05, 3.63) is 99.5 Å². The van der Waals surface area contributed by atoms with E-state index < -0.39 is 11.7 Å². The number of anilines is 1. The number of nitrogens with one attached hydrogen (secondary N) is 2. The molecule has 2 heterocycles. The molecule has 0 radical (unpaired) electrons. The van der Waals surface area contributed by atoms with E-state index in [1.54, 1.807) is 48.5 Å². The first-order valence-electron chi connectivity index (χ1n) is 11.0. The highest BCUT2D eigenvalue weighted by Crippen LogP contribution is 2.34. The molecule has 6 nitrogen and oxygen atoms in total. The molecule has 2 aromatic heterocycles. The molecule has 5 aromatic rings. The normalized spacial score (nSPS) is 11.3. The number of aromatic nitrogens is 1. The van der Waals surface area contributed by atoms with Crippen molar-refractivity contribution in [1.29, 1.82) is 0 Å². The molecule has 0 atom stereocenters. The van der Waals surface area contributed by atoms with Gasteiger partial charge in [0.15, 0.2) is 10.7 Å². The van der Waals surface area contributed by atoms with E-state index in [1.165, 1.54) is 30.4 Å². The van der Waals surface area contributed by atoms with Gasteiger partial charge in [0.1, 0.15) is 22.9 Å². The fraction of sp³-hybridized carbons (Fsp3) is 0. The number of carbonyl (C=O) groups is 1. The Balaban J connectivity index is 1.22. The zero-order chi connectivity index (χ0) is 26.8. The van der Waals surface area contributed by atoms with Gasteiger partial charge >= 0.3 is 0 Å². The summed E-state index contributed by atoms with van der Waals surface area (Å²) in [6, 6.07) is 17.7. The second-order valence-corrected chi connectivity index (χ2v) is 9.51.